The Kier molecular flexibility index (Phi) is 9.11. The normalized spacial score (nSPS) is 13.9. The number of aryl methyl sites for hydroxylation is 1. The summed E-state index contributed by atoms with van der Waals surface area (Å²) >= 11 is 0. The summed E-state index contributed by atoms with van der Waals surface area (Å²) in [6, 6.07) is 47.3. The SMILES string of the molecule is [2H]C([2H])([2H])c1cc(-n2c3[c-]c(Oc4[c-]c(N5[CH-]N(c6cc(C(C)(C)C)cc(C(C)(C)C)c6)c6ccccc65)ccc4)ccc3c3ccccc32)ncc1-c1cccc(F)c1.[Pt]. The molecule has 0 atom stereocenters. The summed E-state index contributed by atoms with van der Waals surface area (Å²) < 4.78 is 48.0. The molecule has 294 valence electrons. The van der Waals surface area contributed by atoms with Crippen molar-refractivity contribution >= 4 is 44.6 Å². The Balaban J connectivity index is 0.00000514. The van der Waals surface area contributed by atoms with E-state index >= 15 is 0 Å². The number of nitrogens with zero attached hydrogens (tertiary/aromatic N) is 4. The predicted molar refractivity (Wildman–Crippen MR) is 232 cm³/mol. The van der Waals surface area contributed by atoms with Crippen molar-refractivity contribution in [3.63, 3.8) is 0 Å². The number of para-hydroxylation sites is 3. The van der Waals surface area contributed by atoms with Gasteiger partial charge in [0.25, 0.3) is 0 Å². The molecule has 7 heteroatoms. The Morgan fingerprint density at radius 2 is 1.38 bits per heavy atom. The van der Waals surface area contributed by atoms with Crippen molar-refractivity contribution in [3.8, 4) is 28.4 Å². The third-order valence-electron chi connectivity index (χ3n) is 10.6. The predicted octanol–water partition coefficient (Wildman–Crippen LogP) is 13.7. The van der Waals surface area contributed by atoms with Gasteiger partial charge in [0.05, 0.1) is 0 Å². The number of hydrogen-bond acceptors (Lipinski definition) is 4. The van der Waals surface area contributed by atoms with E-state index in [1.54, 1.807) is 18.2 Å². The molecule has 58 heavy (non-hydrogen) atoms. The molecule has 0 saturated carbocycles. The van der Waals surface area contributed by atoms with Crippen molar-refractivity contribution in [2.45, 2.75) is 59.2 Å². The molecule has 0 amide bonds. The second-order valence-corrected chi connectivity index (χ2v) is 16.7. The maximum atomic E-state index is 14.3. The van der Waals surface area contributed by atoms with Gasteiger partial charge in [-0.15, -0.1) is 48.1 Å². The standard InChI is InChI=1S/C51H44FN4O.Pt/c1-33-24-49(53-31-44(33)34-14-12-15-37(52)25-34)56-45-19-9-8-18-42(45)43-23-22-41(30-48(43)56)57-40-17-13-16-38(29-40)54-32-55(47-21-11-10-20-46(47)54)39-27-35(50(2,3)4)26-36(28-39)51(5,6)7;/h8-28,31-32H,1-7H3;/q-3;/i1D3;. The topological polar surface area (TPSA) is 33.5 Å². The van der Waals surface area contributed by atoms with E-state index in [0.717, 1.165) is 39.0 Å². The van der Waals surface area contributed by atoms with E-state index in [9.17, 15) is 4.39 Å². The number of halogens is 1. The van der Waals surface area contributed by atoms with Crippen molar-refractivity contribution in [1.29, 1.82) is 0 Å². The fraction of sp³-hybridized carbons (Fsp3) is 0.176. The average Bonchev–Trinajstić information content (AvgIpc) is 3.76. The molecule has 8 aromatic rings. The van der Waals surface area contributed by atoms with Crippen LogP contribution in [0.5, 0.6) is 11.5 Å². The number of rotatable bonds is 6. The van der Waals surface area contributed by atoms with E-state index in [1.807, 2.05) is 65.2 Å². The minimum atomic E-state index is -2.49. The second-order valence-electron chi connectivity index (χ2n) is 16.7. The fourth-order valence-electron chi connectivity index (χ4n) is 7.50. The van der Waals surface area contributed by atoms with Gasteiger partial charge in [-0.1, -0.05) is 95.6 Å². The van der Waals surface area contributed by atoms with E-state index in [0.29, 0.717) is 34.0 Å². The molecule has 1 aliphatic rings. The van der Waals surface area contributed by atoms with E-state index < -0.39 is 12.7 Å². The van der Waals surface area contributed by atoms with Crippen molar-refractivity contribution in [2.75, 3.05) is 9.80 Å². The van der Waals surface area contributed by atoms with E-state index in [1.165, 1.54) is 29.5 Å². The molecule has 0 radical (unpaired) electrons. The van der Waals surface area contributed by atoms with Crippen molar-refractivity contribution in [1.82, 2.24) is 9.55 Å². The molecule has 0 unspecified atom stereocenters. The van der Waals surface area contributed by atoms with Gasteiger partial charge in [0.2, 0.25) is 0 Å². The number of benzene rings is 6. The van der Waals surface area contributed by atoms with Gasteiger partial charge < -0.3 is 19.1 Å². The van der Waals surface area contributed by atoms with E-state index in [-0.39, 0.29) is 37.5 Å². The maximum absolute atomic E-state index is 14.3. The Bertz CT molecular complexity index is 2910. The van der Waals surface area contributed by atoms with Crippen LogP contribution < -0.4 is 14.5 Å². The molecule has 6 aromatic carbocycles. The van der Waals surface area contributed by atoms with Gasteiger partial charge in [-0.2, -0.15) is 12.1 Å². The summed E-state index contributed by atoms with van der Waals surface area (Å²) in [6.45, 7) is 13.1. The van der Waals surface area contributed by atoms with Gasteiger partial charge in [-0.3, -0.25) is 0 Å². The maximum Gasteiger partial charge on any atom is 0.135 e. The third kappa shape index (κ3) is 7.20. The molecule has 1 aliphatic heterocycles. The summed E-state index contributed by atoms with van der Waals surface area (Å²) in [7, 11) is 0. The second kappa shape index (κ2) is 14.9. The molecule has 5 nitrogen and oxygen atoms in total. The minimum absolute atomic E-state index is 0. The molecular weight excluding hydrogens is 899 g/mol. The Morgan fingerprint density at radius 1 is 0.690 bits per heavy atom. The summed E-state index contributed by atoms with van der Waals surface area (Å²) in [5, 5.41) is 1.85. The number of anilines is 4. The van der Waals surface area contributed by atoms with Crippen LogP contribution in [0.1, 0.15) is 62.3 Å². The molecule has 0 spiro atoms. The van der Waals surface area contributed by atoms with Crippen LogP contribution >= 0.6 is 0 Å². The van der Waals surface area contributed by atoms with Crippen LogP contribution in [0.25, 0.3) is 38.8 Å². The number of fused-ring (bicyclic) bond motifs is 4. The zero-order valence-electron chi connectivity index (χ0n) is 36.2. The van der Waals surface area contributed by atoms with Gasteiger partial charge in [-0.05, 0) is 93.9 Å². The van der Waals surface area contributed by atoms with Gasteiger partial charge in [0.1, 0.15) is 11.6 Å². The minimum Gasteiger partial charge on any atom is -0.509 e. The average molecular weight is 946 g/mol. The van der Waals surface area contributed by atoms with Gasteiger partial charge in [0.15, 0.2) is 0 Å². The largest absolute Gasteiger partial charge is 0.509 e. The van der Waals surface area contributed by atoms with Crippen LogP contribution in [-0.2, 0) is 31.9 Å². The first-order chi connectivity index (χ1) is 28.5. The molecule has 0 bridgehead atoms. The number of aromatic nitrogens is 2. The van der Waals surface area contributed by atoms with Crippen LogP contribution in [0, 0.1) is 31.5 Å². The van der Waals surface area contributed by atoms with Crippen molar-refractivity contribution < 1.29 is 34.3 Å². The van der Waals surface area contributed by atoms with Crippen molar-refractivity contribution in [3.05, 3.63) is 175 Å². The third-order valence-corrected chi connectivity index (χ3v) is 10.6. The number of ether oxygens (including phenoxy) is 1. The first kappa shape index (κ1) is 35.5. The Morgan fingerprint density at radius 3 is 2.10 bits per heavy atom. The first-order valence-corrected chi connectivity index (χ1v) is 19.1. The molecule has 9 rings (SSSR count). The number of hydrogen-bond donors (Lipinski definition) is 0. The van der Waals surface area contributed by atoms with Crippen LogP contribution in [0.3, 0.4) is 0 Å². The van der Waals surface area contributed by atoms with E-state index in [2.05, 4.69) is 107 Å². The zero-order chi connectivity index (χ0) is 42.1. The molecule has 3 heterocycles. The summed E-state index contributed by atoms with van der Waals surface area (Å²) in [5.41, 5.74) is 8.81. The molecule has 0 aliphatic carbocycles. The van der Waals surface area contributed by atoms with Gasteiger partial charge >= 0.3 is 0 Å². The van der Waals surface area contributed by atoms with Crippen molar-refractivity contribution in [2.24, 2.45) is 0 Å². The first-order valence-electron chi connectivity index (χ1n) is 20.6. The van der Waals surface area contributed by atoms with Gasteiger partial charge in [0, 0.05) is 71.0 Å². The molecule has 0 fully saturated rings. The monoisotopic (exact) mass is 945 g/mol. The van der Waals surface area contributed by atoms with Gasteiger partial charge in [-0.25, -0.2) is 9.37 Å². The summed E-state index contributed by atoms with van der Waals surface area (Å²) in [4.78, 5) is 9.14. The molecule has 2 aromatic heterocycles. The summed E-state index contributed by atoms with van der Waals surface area (Å²) in [6.07, 6.45) is 1.51. The summed E-state index contributed by atoms with van der Waals surface area (Å²) in [5.74, 6) is 0.892. The number of pyridine rings is 1. The van der Waals surface area contributed by atoms with E-state index in [4.69, 9.17) is 13.8 Å². The molecule has 0 saturated heterocycles. The van der Waals surface area contributed by atoms with Crippen LogP contribution in [0.15, 0.2) is 134 Å². The van der Waals surface area contributed by atoms with Crippen LogP contribution in [-0.4, -0.2) is 9.55 Å². The quantitative estimate of drug-likeness (QED) is 0.156. The fourth-order valence-corrected chi connectivity index (χ4v) is 7.50. The zero-order valence-corrected chi connectivity index (χ0v) is 35.4. The molecular formula is C51H44FN4OPt-3. The van der Waals surface area contributed by atoms with Crippen LogP contribution in [0.4, 0.5) is 27.1 Å². The smallest absolute Gasteiger partial charge is 0.135 e. The Hall–Kier alpha value is -5.71. The molecule has 0 N–H and O–H groups in total. The van der Waals surface area contributed by atoms with Crippen LogP contribution in [0.2, 0.25) is 0 Å². The Labute approximate surface area is 359 Å².